The second-order valence-electron chi connectivity index (χ2n) is 9.38. The Morgan fingerprint density at radius 1 is 1.00 bits per heavy atom. The van der Waals surface area contributed by atoms with Crippen LogP contribution in [0, 0.1) is 5.92 Å². The molecule has 0 saturated carbocycles. The number of aromatic amines is 1. The van der Waals surface area contributed by atoms with E-state index in [1.54, 1.807) is 73.8 Å². The number of amides is 3. The molecule has 4 aromatic rings. The van der Waals surface area contributed by atoms with Gasteiger partial charge >= 0.3 is 4.87 Å². The van der Waals surface area contributed by atoms with Crippen molar-refractivity contribution in [1.82, 2.24) is 4.98 Å². The highest BCUT2D eigenvalue weighted by molar-refractivity contribution is 9.10. The topological polar surface area (TPSA) is 118 Å². The molecule has 1 fully saturated rings. The molecule has 1 aromatic heterocycles. The summed E-state index contributed by atoms with van der Waals surface area (Å²) >= 11 is 5.65. The Morgan fingerprint density at radius 3 is 2.49 bits per heavy atom. The summed E-state index contributed by atoms with van der Waals surface area (Å²) < 4.78 is 11.8. The van der Waals surface area contributed by atoms with Gasteiger partial charge in [-0.1, -0.05) is 51.2 Å². The van der Waals surface area contributed by atoms with Gasteiger partial charge in [0, 0.05) is 21.0 Å². The molecule has 12 heteroatoms. The van der Waals surface area contributed by atoms with Crippen molar-refractivity contribution in [3.05, 3.63) is 97.4 Å². The van der Waals surface area contributed by atoms with E-state index in [1.165, 1.54) is 16.7 Å². The summed E-state index contributed by atoms with van der Waals surface area (Å²) in [5.41, 5.74) is 1.81. The van der Waals surface area contributed by atoms with Gasteiger partial charge in [0.15, 0.2) is 6.61 Å². The van der Waals surface area contributed by atoms with Crippen molar-refractivity contribution in [3.8, 4) is 11.5 Å². The van der Waals surface area contributed by atoms with Crippen LogP contribution in [-0.4, -0.2) is 41.7 Å². The van der Waals surface area contributed by atoms with Crippen LogP contribution >= 0.6 is 39.0 Å². The van der Waals surface area contributed by atoms with Crippen molar-refractivity contribution in [3.63, 3.8) is 0 Å². The molecule has 6 rings (SSSR count). The summed E-state index contributed by atoms with van der Waals surface area (Å²) in [6.45, 7) is -0.237. The summed E-state index contributed by atoms with van der Waals surface area (Å²) in [6, 6.07) is 21.0. The van der Waals surface area contributed by atoms with Crippen LogP contribution in [0.5, 0.6) is 11.5 Å². The zero-order valence-electron chi connectivity index (χ0n) is 21.5. The van der Waals surface area contributed by atoms with Crippen LogP contribution in [0.2, 0.25) is 0 Å². The van der Waals surface area contributed by atoms with Gasteiger partial charge in [-0.05, 0) is 66.2 Å². The minimum absolute atomic E-state index is 0.237. The Bertz CT molecular complexity index is 1700. The van der Waals surface area contributed by atoms with Gasteiger partial charge in [0.25, 0.3) is 5.91 Å². The minimum atomic E-state index is -0.719. The predicted molar refractivity (Wildman–Crippen MR) is 160 cm³/mol. The summed E-state index contributed by atoms with van der Waals surface area (Å²) in [5, 5.41) is 2.66. The fourth-order valence-electron chi connectivity index (χ4n) is 5.04. The number of thiazole rings is 1. The molecule has 3 heterocycles. The number of hydrogen-bond acceptors (Lipinski definition) is 8. The molecule has 2 N–H and O–H groups in total. The lowest BCUT2D eigenvalue weighted by atomic mass is 9.83. The van der Waals surface area contributed by atoms with Gasteiger partial charge < -0.3 is 19.8 Å². The van der Waals surface area contributed by atoms with E-state index >= 15 is 0 Å². The highest BCUT2D eigenvalue weighted by atomic mass is 79.9. The van der Waals surface area contributed by atoms with Crippen molar-refractivity contribution < 1.29 is 23.9 Å². The third-order valence-electron chi connectivity index (χ3n) is 6.87. The maximum Gasteiger partial charge on any atom is 0.305 e. The fraction of sp³-hybridized carbons (Fsp3) is 0.172. The first-order valence-electron chi connectivity index (χ1n) is 12.5. The van der Waals surface area contributed by atoms with Crippen LogP contribution in [0.15, 0.2) is 87.1 Å². The van der Waals surface area contributed by atoms with Gasteiger partial charge in [0.05, 0.1) is 23.7 Å². The smallest absolute Gasteiger partial charge is 0.305 e. The van der Waals surface area contributed by atoms with Crippen LogP contribution in [0.25, 0.3) is 0 Å². The molecule has 41 heavy (non-hydrogen) atoms. The van der Waals surface area contributed by atoms with E-state index in [0.29, 0.717) is 38.3 Å². The maximum atomic E-state index is 13.9. The van der Waals surface area contributed by atoms with Gasteiger partial charge in [0.2, 0.25) is 11.8 Å². The molecule has 1 saturated heterocycles. The van der Waals surface area contributed by atoms with E-state index in [9.17, 15) is 19.2 Å². The number of anilines is 2. The number of benzene rings is 3. The Balaban J connectivity index is 1.26. The summed E-state index contributed by atoms with van der Waals surface area (Å²) in [6.07, 6.45) is 0. The second kappa shape index (κ2) is 11.2. The minimum Gasteiger partial charge on any atom is -0.497 e. The molecule has 0 radical (unpaired) electrons. The van der Waals surface area contributed by atoms with Crippen LogP contribution in [-0.2, 0) is 14.4 Å². The second-order valence-corrected chi connectivity index (χ2v) is 12.5. The predicted octanol–water partition coefficient (Wildman–Crippen LogP) is 5.02. The van der Waals surface area contributed by atoms with Crippen molar-refractivity contribution in [2.75, 3.05) is 23.9 Å². The molecule has 2 aliphatic rings. The van der Waals surface area contributed by atoms with E-state index in [0.717, 1.165) is 15.8 Å². The summed E-state index contributed by atoms with van der Waals surface area (Å²) in [5.74, 6) is -1.15. The molecule has 208 valence electrons. The number of thioether (sulfide) groups is 1. The normalized spacial score (nSPS) is 19.5. The Labute approximate surface area is 251 Å². The molecule has 0 aliphatic carbocycles. The number of aromatic nitrogens is 1. The van der Waals surface area contributed by atoms with Crippen molar-refractivity contribution >= 4 is 68.1 Å². The van der Waals surface area contributed by atoms with E-state index in [-0.39, 0.29) is 29.2 Å². The Morgan fingerprint density at radius 2 is 1.76 bits per heavy atom. The third-order valence-corrected chi connectivity index (χ3v) is 9.80. The number of nitrogens with zero attached hydrogens (tertiary/aromatic N) is 1. The quantitative estimate of drug-likeness (QED) is 0.269. The Kier molecular flexibility index (Phi) is 7.45. The summed E-state index contributed by atoms with van der Waals surface area (Å²) in [4.78, 5) is 56.8. The van der Waals surface area contributed by atoms with Crippen LogP contribution < -0.4 is 24.6 Å². The van der Waals surface area contributed by atoms with Gasteiger partial charge in [-0.25, -0.2) is 4.90 Å². The molecule has 3 atom stereocenters. The zero-order valence-corrected chi connectivity index (χ0v) is 24.7. The zero-order chi connectivity index (χ0) is 28.7. The maximum absolute atomic E-state index is 13.9. The van der Waals surface area contributed by atoms with Crippen LogP contribution in [0.1, 0.15) is 16.4 Å². The number of carbonyl (C=O) groups is 3. The number of methoxy groups -OCH3 is 1. The highest BCUT2D eigenvalue weighted by Gasteiger charge is 2.56. The fourth-order valence-corrected chi connectivity index (χ4v) is 7.82. The number of fused-ring (bicyclic) bond motifs is 2. The first-order valence-corrected chi connectivity index (χ1v) is 15.0. The summed E-state index contributed by atoms with van der Waals surface area (Å²) in [7, 11) is 1.57. The standard InChI is InChI=1S/C29H22BrN3O6S2/c1-38-19-11-7-17(8-12-19)31-21(34)14-39-20-4-2-3-15(13-20)22-23-25(40-26-24(22)41-29(37)32-26)28(36)33(27(23)35)18-9-5-16(30)6-10-18/h2-13,22-23,25H,14H2,1H3,(H,31,34)(H,32,37)/t22-,23?,25?/m1/s1. The number of imide groups is 1. The number of carbonyl (C=O) groups excluding carboxylic acids is 3. The lowest BCUT2D eigenvalue weighted by Crippen LogP contribution is -2.32. The molecular formula is C29H22BrN3O6S2. The van der Waals surface area contributed by atoms with Gasteiger partial charge in [-0.3, -0.25) is 19.2 Å². The first kappa shape index (κ1) is 27.3. The lowest BCUT2D eigenvalue weighted by molar-refractivity contribution is -0.122. The van der Waals surface area contributed by atoms with Crippen LogP contribution in [0.3, 0.4) is 0 Å². The first-order chi connectivity index (χ1) is 19.8. The molecule has 2 aliphatic heterocycles. The third kappa shape index (κ3) is 5.30. The Hall–Kier alpha value is -3.87. The van der Waals surface area contributed by atoms with Crippen LogP contribution in [0.4, 0.5) is 11.4 Å². The van der Waals surface area contributed by atoms with E-state index in [1.807, 2.05) is 6.07 Å². The molecule has 3 aromatic carbocycles. The highest BCUT2D eigenvalue weighted by Crippen LogP contribution is 2.53. The number of ether oxygens (including phenoxy) is 2. The number of hydrogen-bond donors (Lipinski definition) is 2. The molecular weight excluding hydrogens is 630 g/mol. The number of H-pyrrole nitrogens is 1. The SMILES string of the molecule is COc1ccc(NC(=O)COc2cccc([C@H]3c4sc(=O)[nH]c4SC4C(=O)N(c5ccc(Br)cc5)C(=O)C43)c2)cc1. The van der Waals surface area contributed by atoms with E-state index in [4.69, 9.17) is 9.47 Å². The lowest BCUT2D eigenvalue weighted by Gasteiger charge is -2.30. The average Bonchev–Trinajstić information content (AvgIpc) is 3.47. The van der Waals surface area contributed by atoms with E-state index in [2.05, 4.69) is 26.2 Å². The van der Waals surface area contributed by atoms with Gasteiger partial charge in [-0.2, -0.15) is 0 Å². The number of rotatable bonds is 7. The largest absolute Gasteiger partial charge is 0.497 e. The van der Waals surface area contributed by atoms with E-state index < -0.39 is 17.1 Å². The number of halogens is 1. The monoisotopic (exact) mass is 651 g/mol. The van der Waals surface area contributed by atoms with Crippen molar-refractivity contribution in [2.24, 2.45) is 5.92 Å². The van der Waals surface area contributed by atoms with Gasteiger partial charge in [-0.15, -0.1) is 0 Å². The molecule has 0 bridgehead atoms. The molecule has 0 spiro atoms. The van der Waals surface area contributed by atoms with Gasteiger partial charge in [0.1, 0.15) is 16.7 Å². The molecule has 9 nitrogen and oxygen atoms in total. The average molecular weight is 653 g/mol. The molecule has 3 amide bonds. The molecule has 2 unspecified atom stereocenters. The number of nitrogens with one attached hydrogen (secondary N) is 2. The van der Waals surface area contributed by atoms with Crippen molar-refractivity contribution in [1.29, 1.82) is 0 Å². The van der Waals surface area contributed by atoms with Crippen molar-refractivity contribution in [2.45, 2.75) is 16.2 Å².